The van der Waals surface area contributed by atoms with Crippen molar-refractivity contribution in [2.24, 2.45) is 0 Å². The SMILES string of the molecule is O=S(=O)(Cc1ccccc1)N[C@H]1CO[C@H]2[C@@H]1OC[C@@H]2n1nnnc1Oc1ccccc1. The molecule has 0 spiro atoms. The summed E-state index contributed by atoms with van der Waals surface area (Å²) in [5.74, 6) is 0.501. The van der Waals surface area contributed by atoms with Crippen LogP contribution in [-0.4, -0.2) is 60.1 Å². The number of hydrogen-bond donors (Lipinski definition) is 1. The Hall–Kier alpha value is -2.86. The van der Waals surface area contributed by atoms with Gasteiger partial charge < -0.3 is 14.2 Å². The summed E-state index contributed by atoms with van der Waals surface area (Å²) in [6, 6.07) is 17.6. The zero-order chi connectivity index (χ0) is 21.3. The summed E-state index contributed by atoms with van der Waals surface area (Å²) in [6.45, 7) is 0.485. The molecule has 0 amide bonds. The van der Waals surface area contributed by atoms with Gasteiger partial charge in [0.2, 0.25) is 10.0 Å². The van der Waals surface area contributed by atoms with Gasteiger partial charge in [-0.1, -0.05) is 53.6 Å². The Morgan fingerprint density at radius 1 is 1.00 bits per heavy atom. The Labute approximate surface area is 179 Å². The molecule has 2 aromatic carbocycles. The van der Waals surface area contributed by atoms with E-state index in [0.717, 1.165) is 0 Å². The van der Waals surface area contributed by atoms with Crippen LogP contribution in [0.1, 0.15) is 11.6 Å². The molecule has 11 heteroatoms. The molecular formula is C20H21N5O5S. The van der Waals surface area contributed by atoms with Crippen LogP contribution in [0.3, 0.4) is 0 Å². The zero-order valence-corrected chi connectivity index (χ0v) is 17.3. The van der Waals surface area contributed by atoms with E-state index in [9.17, 15) is 8.42 Å². The van der Waals surface area contributed by atoms with Crippen molar-refractivity contribution in [1.82, 2.24) is 24.9 Å². The Morgan fingerprint density at radius 3 is 2.48 bits per heavy atom. The number of para-hydroxylation sites is 1. The van der Waals surface area contributed by atoms with Crippen molar-refractivity contribution < 1.29 is 22.6 Å². The number of ether oxygens (including phenoxy) is 3. The molecule has 0 bridgehead atoms. The molecule has 0 unspecified atom stereocenters. The molecule has 3 heterocycles. The maximum absolute atomic E-state index is 12.6. The average Bonchev–Trinajstić information content (AvgIpc) is 3.47. The first-order valence-corrected chi connectivity index (χ1v) is 11.5. The number of hydrogen-bond acceptors (Lipinski definition) is 8. The van der Waals surface area contributed by atoms with Crippen molar-refractivity contribution in [1.29, 1.82) is 0 Å². The third-order valence-electron chi connectivity index (χ3n) is 5.29. The first kappa shape index (κ1) is 20.1. The number of nitrogens with zero attached hydrogens (tertiary/aromatic N) is 4. The Kier molecular flexibility index (Phi) is 5.40. The van der Waals surface area contributed by atoms with E-state index in [2.05, 4.69) is 20.2 Å². The van der Waals surface area contributed by atoms with Crippen molar-refractivity contribution in [2.75, 3.05) is 13.2 Å². The molecule has 0 radical (unpaired) electrons. The van der Waals surface area contributed by atoms with Crippen LogP contribution in [0, 0.1) is 0 Å². The molecule has 1 aromatic heterocycles. The molecular weight excluding hydrogens is 422 g/mol. The lowest BCUT2D eigenvalue weighted by atomic mass is 10.1. The molecule has 1 N–H and O–H groups in total. The number of tetrazole rings is 1. The zero-order valence-electron chi connectivity index (χ0n) is 16.4. The third-order valence-corrected chi connectivity index (χ3v) is 6.66. The van der Waals surface area contributed by atoms with Crippen LogP contribution in [0.25, 0.3) is 0 Å². The highest BCUT2D eigenvalue weighted by molar-refractivity contribution is 7.88. The van der Waals surface area contributed by atoms with Crippen LogP contribution in [0.15, 0.2) is 60.7 Å². The van der Waals surface area contributed by atoms with Crippen LogP contribution >= 0.6 is 0 Å². The van der Waals surface area contributed by atoms with E-state index < -0.39 is 28.3 Å². The second-order valence-electron chi connectivity index (χ2n) is 7.45. The van der Waals surface area contributed by atoms with Gasteiger partial charge >= 0.3 is 6.01 Å². The van der Waals surface area contributed by atoms with Crippen molar-refractivity contribution in [3.05, 3.63) is 66.2 Å². The smallest absolute Gasteiger partial charge is 0.341 e. The Bertz CT molecular complexity index is 1130. The van der Waals surface area contributed by atoms with Gasteiger partial charge in [0.1, 0.15) is 24.0 Å². The van der Waals surface area contributed by atoms with E-state index in [0.29, 0.717) is 11.3 Å². The first-order chi connectivity index (χ1) is 15.1. The fourth-order valence-electron chi connectivity index (χ4n) is 3.91. The lowest BCUT2D eigenvalue weighted by Gasteiger charge is -2.18. The summed E-state index contributed by atoms with van der Waals surface area (Å²) in [5.41, 5.74) is 0.715. The van der Waals surface area contributed by atoms with Gasteiger partial charge in [0.25, 0.3) is 0 Å². The highest BCUT2D eigenvalue weighted by atomic mass is 32.2. The van der Waals surface area contributed by atoms with E-state index in [4.69, 9.17) is 14.2 Å². The summed E-state index contributed by atoms with van der Waals surface area (Å²) in [6.07, 6.45) is -0.838. The second kappa shape index (κ2) is 8.35. The fraction of sp³-hybridized carbons (Fsp3) is 0.350. The van der Waals surface area contributed by atoms with Crippen LogP contribution in [0.2, 0.25) is 0 Å². The van der Waals surface area contributed by atoms with Crippen molar-refractivity contribution in [2.45, 2.75) is 30.0 Å². The molecule has 0 aliphatic carbocycles. The fourth-order valence-corrected chi connectivity index (χ4v) is 5.29. The predicted molar refractivity (Wildman–Crippen MR) is 109 cm³/mol. The molecule has 2 aliphatic heterocycles. The number of benzene rings is 2. The standard InChI is InChI=1S/C20H21N5O5S/c26-31(27,13-14-7-3-1-4-8-14)22-16-11-28-19-17(12-29-18(16)19)25-20(21-23-24-25)30-15-9-5-2-6-10-15/h1-10,16-19,22H,11-13H2/t16-,17-,18+,19+/m0/s1. The van der Waals surface area contributed by atoms with E-state index in [1.165, 1.54) is 4.68 Å². The van der Waals surface area contributed by atoms with Gasteiger partial charge in [0.05, 0.1) is 25.0 Å². The second-order valence-corrected chi connectivity index (χ2v) is 9.21. The lowest BCUT2D eigenvalue weighted by molar-refractivity contribution is 0.0615. The predicted octanol–water partition coefficient (Wildman–Crippen LogP) is 1.29. The maximum Gasteiger partial charge on any atom is 0.341 e. The largest absolute Gasteiger partial charge is 0.423 e. The van der Waals surface area contributed by atoms with Crippen molar-refractivity contribution >= 4 is 10.0 Å². The molecule has 5 rings (SSSR count). The summed E-state index contributed by atoms with van der Waals surface area (Å²) in [4.78, 5) is 0. The Balaban J connectivity index is 1.27. The van der Waals surface area contributed by atoms with Gasteiger partial charge in [0, 0.05) is 0 Å². The van der Waals surface area contributed by atoms with Crippen LogP contribution < -0.4 is 9.46 Å². The quantitative estimate of drug-likeness (QED) is 0.581. The number of fused-ring (bicyclic) bond motifs is 1. The molecule has 2 fully saturated rings. The summed E-state index contributed by atoms with van der Waals surface area (Å²) in [5, 5.41) is 11.7. The van der Waals surface area contributed by atoms with Gasteiger partial charge in [-0.2, -0.15) is 4.68 Å². The van der Waals surface area contributed by atoms with Gasteiger partial charge in [-0.15, -0.1) is 0 Å². The first-order valence-electron chi connectivity index (χ1n) is 9.87. The highest BCUT2D eigenvalue weighted by Gasteiger charge is 2.50. The molecule has 4 atom stereocenters. The normalized spacial score (nSPS) is 25.4. The van der Waals surface area contributed by atoms with Gasteiger partial charge in [-0.05, 0) is 28.1 Å². The van der Waals surface area contributed by atoms with Crippen LogP contribution in [-0.2, 0) is 25.2 Å². The minimum absolute atomic E-state index is 0.104. The molecule has 162 valence electrons. The van der Waals surface area contributed by atoms with Crippen molar-refractivity contribution in [3.8, 4) is 11.8 Å². The van der Waals surface area contributed by atoms with Crippen LogP contribution in [0.4, 0.5) is 0 Å². The lowest BCUT2D eigenvalue weighted by Crippen LogP contribution is -2.44. The molecule has 2 saturated heterocycles. The van der Waals surface area contributed by atoms with E-state index in [1.54, 1.807) is 24.3 Å². The molecule has 0 saturated carbocycles. The average molecular weight is 443 g/mol. The van der Waals surface area contributed by atoms with E-state index >= 15 is 0 Å². The Morgan fingerprint density at radius 2 is 1.71 bits per heavy atom. The summed E-state index contributed by atoms with van der Waals surface area (Å²) in [7, 11) is -3.56. The van der Waals surface area contributed by atoms with E-state index in [-0.39, 0.29) is 31.0 Å². The molecule has 31 heavy (non-hydrogen) atoms. The maximum atomic E-state index is 12.6. The molecule has 3 aromatic rings. The highest BCUT2D eigenvalue weighted by Crippen LogP contribution is 2.36. The van der Waals surface area contributed by atoms with Gasteiger partial charge in [-0.25, -0.2) is 13.1 Å². The monoisotopic (exact) mass is 443 g/mol. The topological polar surface area (TPSA) is 117 Å². The summed E-state index contributed by atoms with van der Waals surface area (Å²) < 4.78 is 47.1. The van der Waals surface area contributed by atoms with Gasteiger partial charge in [-0.3, -0.25) is 0 Å². The van der Waals surface area contributed by atoms with Crippen LogP contribution in [0.5, 0.6) is 11.8 Å². The number of sulfonamides is 1. The number of nitrogens with one attached hydrogen (secondary N) is 1. The van der Waals surface area contributed by atoms with Gasteiger partial charge in [0.15, 0.2) is 0 Å². The molecule has 2 aliphatic rings. The van der Waals surface area contributed by atoms with Crippen molar-refractivity contribution in [3.63, 3.8) is 0 Å². The number of aromatic nitrogens is 4. The molecule has 10 nitrogen and oxygen atoms in total. The minimum atomic E-state index is -3.56. The number of rotatable bonds is 7. The minimum Gasteiger partial charge on any atom is -0.423 e. The van der Waals surface area contributed by atoms with E-state index in [1.807, 2.05) is 36.4 Å². The summed E-state index contributed by atoms with van der Waals surface area (Å²) >= 11 is 0. The third kappa shape index (κ3) is 4.30.